The van der Waals surface area contributed by atoms with Crippen LogP contribution in [0.4, 0.5) is 0 Å². The molecule has 4 rings (SSSR count). The first kappa shape index (κ1) is 18.7. The second kappa shape index (κ2) is 8.57. The molecule has 1 aliphatic heterocycles. The lowest BCUT2D eigenvalue weighted by atomic mass is 9.82. The molecule has 1 saturated heterocycles. The van der Waals surface area contributed by atoms with Gasteiger partial charge in [-0.15, -0.1) is 0 Å². The minimum absolute atomic E-state index is 0.138. The fourth-order valence-electron chi connectivity index (χ4n) is 3.51. The number of amides is 1. The van der Waals surface area contributed by atoms with Gasteiger partial charge in [0.1, 0.15) is 0 Å². The van der Waals surface area contributed by atoms with E-state index in [0.717, 1.165) is 11.3 Å². The Morgan fingerprint density at radius 2 is 1.59 bits per heavy atom. The van der Waals surface area contributed by atoms with Crippen molar-refractivity contribution in [1.82, 2.24) is 15.6 Å². The minimum Gasteiger partial charge on any atom is -0.383 e. The van der Waals surface area contributed by atoms with Gasteiger partial charge < -0.3 is 10.6 Å². The molecular weight excluding hydrogens is 358 g/mol. The molecule has 4 heteroatoms. The van der Waals surface area contributed by atoms with Crippen LogP contribution in [0.2, 0.25) is 0 Å². The van der Waals surface area contributed by atoms with Crippen LogP contribution in [0.25, 0.3) is 12.2 Å². The highest BCUT2D eigenvalue weighted by molar-refractivity contribution is 5.94. The van der Waals surface area contributed by atoms with Crippen molar-refractivity contribution in [2.75, 3.05) is 0 Å². The number of carbonyl (C=O) groups excluding carboxylic acids is 1. The summed E-state index contributed by atoms with van der Waals surface area (Å²) in [5.41, 5.74) is 5.19. The highest BCUT2D eigenvalue weighted by Crippen LogP contribution is 2.34. The van der Waals surface area contributed by atoms with Crippen molar-refractivity contribution in [3.63, 3.8) is 0 Å². The molecule has 1 fully saturated rings. The Hall–Kier alpha value is -3.66. The van der Waals surface area contributed by atoms with Crippen LogP contribution in [0.3, 0.4) is 0 Å². The van der Waals surface area contributed by atoms with Crippen LogP contribution < -0.4 is 10.6 Å². The van der Waals surface area contributed by atoms with Gasteiger partial charge in [-0.3, -0.25) is 9.78 Å². The van der Waals surface area contributed by atoms with E-state index in [9.17, 15) is 4.79 Å². The lowest BCUT2D eigenvalue weighted by molar-refractivity contribution is 0.0968. The first-order valence-electron chi connectivity index (χ1n) is 9.71. The summed E-state index contributed by atoms with van der Waals surface area (Å²) in [6.45, 7) is 2.15. The van der Waals surface area contributed by atoms with E-state index in [0.29, 0.717) is 11.6 Å². The van der Waals surface area contributed by atoms with E-state index < -0.39 is 0 Å². The average molecular weight is 381 g/mol. The van der Waals surface area contributed by atoms with Crippen LogP contribution in [0.15, 0.2) is 91.0 Å². The summed E-state index contributed by atoms with van der Waals surface area (Å²) in [6, 6.07) is 22.6. The lowest BCUT2D eigenvalue weighted by Crippen LogP contribution is -2.47. The second-order valence-corrected chi connectivity index (χ2v) is 7.13. The van der Waals surface area contributed by atoms with Gasteiger partial charge in [-0.1, -0.05) is 66.7 Å². The van der Waals surface area contributed by atoms with Crippen molar-refractivity contribution >= 4 is 18.1 Å². The minimum atomic E-state index is -0.138. The van der Waals surface area contributed by atoms with Gasteiger partial charge in [0.2, 0.25) is 0 Å². The molecule has 2 heterocycles. The molecule has 1 aromatic heterocycles. The van der Waals surface area contributed by atoms with Crippen molar-refractivity contribution in [3.05, 3.63) is 113 Å². The van der Waals surface area contributed by atoms with Crippen LogP contribution in [-0.2, 0) is 0 Å². The number of carbonyl (C=O) groups is 1. The van der Waals surface area contributed by atoms with Crippen molar-refractivity contribution in [2.45, 2.75) is 18.9 Å². The van der Waals surface area contributed by atoms with Crippen molar-refractivity contribution < 1.29 is 4.79 Å². The van der Waals surface area contributed by atoms with Gasteiger partial charge in [0.25, 0.3) is 5.91 Å². The van der Waals surface area contributed by atoms with E-state index in [-0.39, 0.29) is 11.8 Å². The summed E-state index contributed by atoms with van der Waals surface area (Å²) in [5, 5.41) is 6.25. The average Bonchev–Trinajstić information content (AvgIpc) is 2.77. The smallest absolute Gasteiger partial charge is 0.255 e. The maximum absolute atomic E-state index is 12.2. The fourth-order valence-corrected chi connectivity index (χ4v) is 3.51. The Labute approximate surface area is 171 Å². The first-order valence-corrected chi connectivity index (χ1v) is 9.71. The molecule has 144 valence electrons. The summed E-state index contributed by atoms with van der Waals surface area (Å²) >= 11 is 0. The predicted octanol–water partition coefficient (Wildman–Crippen LogP) is 4.60. The van der Waals surface area contributed by atoms with Gasteiger partial charge in [-0.2, -0.15) is 0 Å². The monoisotopic (exact) mass is 381 g/mol. The van der Waals surface area contributed by atoms with Gasteiger partial charge in [0.15, 0.2) is 0 Å². The third kappa shape index (κ3) is 4.43. The van der Waals surface area contributed by atoms with E-state index in [4.69, 9.17) is 0 Å². The van der Waals surface area contributed by atoms with Gasteiger partial charge in [0.05, 0.1) is 0 Å². The molecule has 0 aliphatic carbocycles. The number of aromatic nitrogens is 1. The van der Waals surface area contributed by atoms with Crippen LogP contribution in [0.1, 0.15) is 39.9 Å². The van der Waals surface area contributed by atoms with Gasteiger partial charge >= 0.3 is 0 Å². The standard InChI is InChI=1S/C25H23N3O/c1-18-24(23(28-18)17-27-25(29)22-13-15-26-16-14-22)21-11-9-20(10-12-21)8-7-19-5-3-2-4-6-19/h2-18,24,28H,1H3,(H,27,29)/b8-7+,23-17-. The largest absolute Gasteiger partial charge is 0.383 e. The van der Waals surface area contributed by atoms with Gasteiger partial charge in [-0.25, -0.2) is 0 Å². The van der Waals surface area contributed by atoms with Gasteiger partial charge in [-0.05, 0) is 35.7 Å². The molecule has 0 saturated carbocycles. The van der Waals surface area contributed by atoms with Crippen molar-refractivity contribution in [1.29, 1.82) is 0 Å². The maximum atomic E-state index is 12.2. The summed E-state index contributed by atoms with van der Waals surface area (Å²) in [6.07, 6.45) is 9.23. The van der Waals surface area contributed by atoms with Crippen LogP contribution >= 0.6 is 0 Å². The number of pyridine rings is 1. The number of hydrogen-bond donors (Lipinski definition) is 2. The summed E-state index contributed by atoms with van der Waals surface area (Å²) in [5.74, 6) is 0.112. The predicted molar refractivity (Wildman–Crippen MR) is 117 cm³/mol. The number of nitrogens with one attached hydrogen (secondary N) is 2. The van der Waals surface area contributed by atoms with E-state index in [1.807, 2.05) is 18.2 Å². The molecule has 2 atom stereocenters. The zero-order valence-electron chi connectivity index (χ0n) is 16.2. The Bertz CT molecular complexity index is 1020. The quantitative estimate of drug-likeness (QED) is 0.635. The second-order valence-electron chi connectivity index (χ2n) is 7.13. The van der Waals surface area contributed by atoms with Crippen LogP contribution in [0, 0.1) is 0 Å². The Kier molecular flexibility index (Phi) is 5.52. The van der Waals surface area contributed by atoms with Crippen LogP contribution in [-0.4, -0.2) is 16.9 Å². The zero-order chi connectivity index (χ0) is 20.1. The van der Waals surface area contributed by atoms with E-state index in [1.54, 1.807) is 30.7 Å². The lowest BCUT2D eigenvalue weighted by Gasteiger charge is -2.40. The Balaban J connectivity index is 1.43. The molecule has 1 amide bonds. The molecule has 4 nitrogen and oxygen atoms in total. The number of nitrogens with zero attached hydrogens (tertiary/aromatic N) is 1. The van der Waals surface area contributed by atoms with E-state index >= 15 is 0 Å². The molecular formula is C25H23N3O. The molecule has 29 heavy (non-hydrogen) atoms. The normalized spacial score (nSPS) is 19.6. The molecule has 0 radical (unpaired) electrons. The number of hydrogen-bond acceptors (Lipinski definition) is 3. The van der Waals surface area contributed by atoms with E-state index in [2.05, 4.69) is 71.1 Å². The zero-order valence-corrected chi connectivity index (χ0v) is 16.2. The molecule has 1 aliphatic rings. The fraction of sp³-hybridized carbons (Fsp3) is 0.120. The highest BCUT2D eigenvalue weighted by atomic mass is 16.1. The molecule has 0 bridgehead atoms. The topological polar surface area (TPSA) is 54.0 Å². The molecule has 2 unspecified atom stereocenters. The highest BCUT2D eigenvalue weighted by Gasteiger charge is 2.33. The summed E-state index contributed by atoms with van der Waals surface area (Å²) in [7, 11) is 0. The molecule has 3 aromatic rings. The van der Waals surface area contributed by atoms with Crippen molar-refractivity contribution in [3.8, 4) is 0 Å². The SMILES string of the molecule is CC1N/C(=C\NC(=O)c2ccncc2)C1c1ccc(/C=C/c2ccccc2)cc1. The summed E-state index contributed by atoms with van der Waals surface area (Å²) in [4.78, 5) is 16.2. The number of rotatable bonds is 5. The first-order chi connectivity index (χ1) is 14.2. The number of benzene rings is 2. The molecule has 0 spiro atoms. The van der Waals surface area contributed by atoms with Crippen LogP contribution in [0.5, 0.6) is 0 Å². The third-order valence-electron chi connectivity index (χ3n) is 5.09. The third-order valence-corrected chi connectivity index (χ3v) is 5.09. The van der Waals surface area contributed by atoms with Gasteiger partial charge in [0, 0.05) is 41.8 Å². The van der Waals surface area contributed by atoms with E-state index in [1.165, 1.54) is 11.1 Å². The summed E-state index contributed by atoms with van der Waals surface area (Å²) < 4.78 is 0. The van der Waals surface area contributed by atoms with Crippen molar-refractivity contribution in [2.24, 2.45) is 0 Å². The Morgan fingerprint density at radius 3 is 2.24 bits per heavy atom. The molecule has 2 N–H and O–H groups in total. The maximum Gasteiger partial charge on any atom is 0.255 e. The molecule has 2 aromatic carbocycles. The Morgan fingerprint density at radius 1 is 0.931 bits per heavy atom.